The molecular weight excluding hydrogens is 297 g/mol. The van der Waals surface area contributed by atoms with Gasteiger partial charge in [-0.05, 0) is 36.8 Å². The average Bonchev–Trinajstić information content (AvgIpc) is 2.93. The third-order valence-corrected chi connectivity index (χ3v) is 3.33. The van der Waals surface area contributed by atoms with E-state index in [0.29, 0.717) is 17.9 Å². The van der Waals surface area contributed by atoms with E-state index in [9.17, 15) is 9.18 Å². The maximum absolute atomic E-state index is 12.8. The number of nitrogens with one attached hydrogen (secondary N) is 1. The van der Waals surface area contributed by atoms with Gasteiger partial charge >= 0.3 is 0 Å². The molecule has 0 unspecified atom stereocenters. The van der Waals surface area contributed by atoms with Crippen molar-refractivity contribution in [3.63, 3.8) is 0 Å². The van der Waals surface area contributed by atoms with E-state index in [1.807, 2.05) is 29.8 Å². The van der Waals surface area contributed by atoms with Gasteiger partial charge in [-0.15, -0.1) is 0 Å². The zero-order valence-electron chi connectivity index (χ0n) is 12.6. The first kappa shape index (κ1) is 15.0. The Labute approximate surface area is 132 Å². The Morgan fingerprint density at radius 1 is 1.30 bits per heavy atom. The molecule has 0 aliphatic rings. The molecule has 0 aliphatic carbocycles. The molecular formula is C17H16FN3O2. The van der Waals surface area contributed by atoms with Gasteiger partial charge in [0.15, 0.2) is 18.0 Å². The summed E-state index contributed by atoms with van der Waals surface area (Å²) in [6.07, 6.45) is 3.76. The molecule has 23 heavy (non-hydrogen) atoms. The van der Waals surface area contributed by atoms with Crippen LogP contribution in [0.5, 0.6) is 5.75 Å². The van der Waals surface area contributed by atoms with Gasteiger partial charge in [0.1, 0.15) is 5.82 Å². The normalized spacial score (nSPS) is 10.7. The Kier molecular flexibility index (Phi) is 4.23. The lowest BCUT2D eigenvalue weighted by Crippen LogP contribution is -2.28. The van der Waals surface area contributed by atoms with Crippen LogP contribution in [0.2, 0.25) is 0 Å². The number of nitrogens with zero attached hydrogens (tertiary/aromatic N) is 2. The average molecular weight is 313 g/mol. The highest BCUT2D eigenvalue weighted by atomic mass is 19.1. The molecule has 0 saturated heterocycles. The molecule has 0 spiro atoms. The standard InChI is InChI=1S/C17H16FN3O2/c1-12-10-21-8-2-3-15(17(21)20-12)23-11-16(22)19-9-13-4-6-14(18)7-5-13/h2-8,10H,9,11H2,1H3,(H,19,22). The molecule has 0 radical (unpaired) electrons. The van der Waals surface area contributed by atoms with Crippen LogP contribution in [0.4, 0.5) is 4.39 Å². The molecule has 2 aromatic heterocycles. The van der Waals surface area contributed by atoms with Gasteiger partial charge in [0.2, 0.25) is 0 Å². The van der Waals surface area contributed by atoms with E-state index >= 15 is 0 Å². The monoisotopic (exact) mass is 313 g/mol. The summed E-state index contributed by atoms with van der Waals surface area (Å²) < 4.78 is 20.2. The zero-order valence-corrected chi connectivity index (χ0v) is 12.6. The Hall–Kier alpha value is -2.89. The summed E-state index contributed by atoms with van der Waals surface area (Å²) >= 11 is 0. The fraction of sp³-hybridized carbons (Fsp3) is 0.176. The highest BCUT2D eigenvalue weighted by molar-refractivity contribution is 5.77. The minimum atomic E-state index is -0.300. The van der Waals surface area contributed by atoms with E-state index in [0.717, 1.165) is 11.3 Å². The summed E-state index contributed by atoms with van der Waals surface area (Å²) in [5.74, 6) is 0.00336. The van der Waals surface area contributed by atoms with Gasteiger partial charge in [-0.25, -0.2) is 9.37 Å². The van der Waals surface area contributed by atoms with Gasteiger partial charge in [-0.2, -0.15) is 0 Å². The van der Waals surface area contributed by atoms with Crippen molar-refractivity contribution in [2.75, 3.05) is 6.61 Å². The molecule has 0 fully saturated rings. The van der Waals surface area contributed by atoms with Crippen molar-refractivity contribution in [3.05, 3.63) is 65.9 Å². The molecule has 1 amide bonds. The summed E-state index contributed by atoms with van der Waals surface area (Å²) in [4.78, 5) is 16.2. The molecule has 5 nitrogen and oxygen atoms in total. The predicted octanol–water partition coefficient (Wildman–Crippen LogP) is 2.48. The van der Waals surface area contributed by atoms with E-state index in [1.165, 1.54) is 12.1 Å². The summed E-state index contributed by atoms with van der Waals surface area (Å²) in [7, 11) is 0. The first-order valence-corrected chi connectivity index (χ1v) is 7.20. The molecule has 6 heteroatoms. The molecule has 0 atom stereocenters. The number of imidazole rings is 1. The molecule has 1 aromatic carbocycles. The van der Waals surface area contributed by atoms with E-state index in [4.69, 9.17) is 4.74 Å². The van der Waals surface area contributed by atoms with E-state index in [1.54, 1.807) is 18.2 Å². The summed E-state index contributed by atoms with van der Waals surface area (Å²) in [6.45, 7) is 2.12. The van der Waals surface area contributed by atoms with Crippen molar-refractivity contribution in [1.82, 2.24) is 14.7 Å². The number of carbonyl (C=O) groups is 1. The maximum atomic E-state index is 12.8. The third-order valence-electron chi connectivity index (χ3n) is 3.33. The highest BCUT2D eigenvalue weighted by Crippen LogP contribution is 2.18. The molecule has 0 aliphatic heterocycles. The van der Waals surface area contributed by atoms with Gasteiger partial charge in [-0.1, -0.05) is 12.1 Å². The van der Waals surface area contributed by atoms with Crippen molar-refractivity contribution in [3.8, 4) is 5.75 Å². The fourth-order valence-electron chi connectivity index (χ4n) is 2.22. The number of hydrogen-bond donors (Lipinski definition) is 1. The summed E-state index contributed by atoms with van der Waals surface area (Å²) in [5, 5.41) is 2.73. The van der Waals surface area contributed by atoms with Crippen LogP contribution in [-0.4, -0.2) is 21.9 Å². The van der Waals surface area contributed by atoms with Crippen LogP contribution in [0.15, 0.2) is 48.8 Å². The number of pyridine rings is 1. The Balaban J connectivity index is 1.57. The largest absolute Gasteiger partial charge is 0.480 e. The second-order valence-corrected chi connectivity index (χ2v) is 5.18. The lowest BCUT2D eigenvalue weighted by Gasteiger charge is -2.08. The number of hydrogen-bond acceptors (Lipinski definition) is 3. The van der Waals surface area contributed by atoms with Crippen LogP contribution in [0.1, 0.15) is 11.3 Å². The molecule has 118 valence electrons. The van der Waals surface area contributed by atoms with Crippen LogP contribution >= 0.6 is 0 Å². The Bertz CT molecular complexity index is 827. The number of aryl methyl sites for hydroxylation is 1. The van der Waals surface area contributed by atoms with Crippen LogP contribution in [0, 0.1) is 12.7 Å². The second-order valence-electron chi connectivity index (χ2n) is 5.18. The number of fused-ring (bicyclic) bond motifs is 1. The van der Waals surface area contributed by atoms with Crippen molar-refractivity contribution < 1.29 is 13.9 Å². The van der Waals surface area contributed by atoms with Crippen molar-refractivity contribution in [2.45, 2.75) is 13.5 Å². The Morgan fingerprint density at radius 3 is 2.87 bits per heavy atom. The lowest BCUT2D eigenvalue weighted by atomic mass is 10.2. The second kappa shape index (κ2) is 6.48. The molecule has 3 rings (SSSR count). The molecule has 0 bridgehead atoms. The van der Waals surface area contributed by atoms with Crippen LogP contribution in [-0.2, 0) is 11.3 Å². The lowest BCUT2D eigenvalue weighted by molar-refractivity contribution is -0.123. The van der Waals surface area contributed by atoms with Gasteiger partial charge in [0.25, 0.3) is 5.91 Å². The minimum absolute atomic E-state index is 0.104. The highest BCUT2D eigenvalue weighted by Gasteiger charge is 2.08. The first-order valence-electron chi connectivity index (χ1n) is 7.20. The van der Waals surface area contributed by atoms with Crippen molar-refractivity contribution >= 4 is 11.6 Å². The molecule has 0 saturated carbocycles. The minimum Gasteiger partial charge on any atom is -0.480 e. The van der Waals surface area contributed by atoms with E-state index in [-0.39, 0.29) is 18.3 Å². The molecule has 3 aromatic rings. The van der Waals surface area contributed by atoms with Gasteiger partial charge in [-0.3, -0.25) is 4.79 Å². The number of carbonyl (C=O) groups excluding carboxylic acids is 1. The van der Waals surface area contributed by atoms with E-state index < -0.39 is 0 Å². The fourth-order valence-corrected chi connectivity index (χ4v) is 2.22. The SMILES string of the molecule is Cc1cn2cccc(OCC(=O)NCc3ccc(F)cc3)c2n1. The van der Waals surface area contributed by atoms with Crippen molar-refractivity contribution in [1.29, 1.82) is 0 Å². The van der Waals surface area contributed by atoms with Crippen LogP contribution in [0.25, 0.3) is 5.65 Å². The topological polar surface area (TPSA) is 55.6 Å². The van der Waals surface area contributed by atoms with Crippen LogP contribution in [0.3, 0.4) is 0 Å². The maximum Gasteiger partial charge on any atom is 0.258 e. The molecule has 1 N–H and O–H groups in total. The van der Waals surface area contributed by atoms with E-state index in [2.05, 4.69) is 10.3 Å². The van der Waals surface area contributed by atoms with Crippen molar-refractivity contribution in [2.24, 2.45) is 0 Å². The number of ether oxygens (including phenoxy) is 1. The molecule has 2 heterocycles. The number of amides is 1. The number of aromatic nitrogens is 2. The Morgan fingerprint density at radius 2 is 2.09 bits per heavy atom. The van der Waals surface area contributed by atoms with Gasteiger partial charge in [0, 0.05) is 18.9 Å². The number of benzene rings is 1. The van der Waals surface area contributed by atoms with Gasteiger partial charge < -0.3 is 14.5 Å². The quantitative estimate of drug-likeness (QED) is 0.787. The summed E-state index contributed by atoms with van der Waals surface area (Å²) in [6, 6.07) is 9.59. The number of rotatable bonds is 5. The smallest absolute Gasteiger partial charge is 0.258 e. The third kappa shape index (κ3) is 3.66. The van der Waals surface area contributed by atoms with Crippen LogP contribution < -0.4 is 10.1 Å². The predicted molar refractivity (Wildman–Crippen MR) is 83.7 cm³/mol. The zero-order chi connectivity index (χ0) is 16.2. The number of halogens is 1. The first-order chi connectivity index (χ1) is 11.1. The van der Waals surface area contributed by atoms with Gasteiger partial charge in [0.05, 0.1) is 5.69 Å². The summed E-state index contributed by atoms with van der Waals surface area (Å²) in [5.41, 5.74) is 2.38.